The van der Waals surface area contributed by atoms with E-state index in [1.54, 1.807) is 11.0 Å². The van der Waals surface area contributed by atoms with E-state index in [-0.39, 0.29) is 18.1 Å². The highest BCUT2D eigenvalue weighted by atomic mass is 16.5. The second-order valence-corrected chi connectivity index (χ2v) is 6.78. The maximum atomic E-state index is 13.3. The molecule has 1 aromatic carbocycles. The van der Waals surface area contributed by atoms with Crippen LogP contribution in [0.5, 0.6) is 0 Å². The fraction of sp³-hybridized carbons (Fsp3) is 0.500. The van der Waals surface area contributed by atoms with Crippen LogP contribution in [0.15, 0.2) is 36.9 Å². The highest BCUT2D eigenvalue weighted by Crippen LogP contribution is 2.25. The molecule has 7 heteroatoms. The number of morpholine rings is 1. The van der Waals surface area contributed by atoms with Crippen molar-refractivity contribution in [2.24, 2.45) is 0 Å². The molecule has 132 valence electrons. The Hall–Kier alpha value is -2.25. The molecule has 1 aromatic heterocycles. The smallest absolute Gasteiger partial charge is 0.254 e. The summed E-state index contributed by atoms with van der Waals surface area (Å²) in [5, 5.41) is 4.15. The predicted molar refractivity (Wildman–Crippen MR) is 92.2 cm³/mol. The minimum absolute atomic E-state index is 0.0873. The molecule has 2 atom stereocenters. The molecule has 2 aliphatic heterocycles. The monoisotopic (exact) mass is 341 g/mol. The van der Waals surface area contributed by atoms with Crippen LogP contribution < -0.4 is 0 Å². The first kappa shape index (κ1) is 16.2. The summed E-state index contributed by atoms with van der Waals surface area (Å²) in [6, 6.07) is 7.90. The van der Waals surface area contributed by atoms with E-state index in [1.165, 1.54) is 6.33 Å². The lowest BCUT2D eigenvalue weighted by molar-refractivity contribution is -0.0870. The number of hydrogen-bond donors (Lipinski definition) is 0. The van der Waals surface area contributed by atoms with Crippen molar-refractivity contribution in [2.45, 2.75) is 25.1 Å². The van der Waals surface area contributed by atoms with Gasteiger partial charge in [-0.3, -0.25) is 4.79 Å². The number of likely N-dealkylation sites (N-methyl/N-ethyl adjacent to an activating group) is 1. The van der Waals surface area contributed by atoms with Gasteiger partial charge in [0.2, 0.25) is 0 Å². The highest BCUT2D eigenvalue weighted by molar-refractivity contribution is 5.96. The molecule has 2 aliphatic rings. The van der Waals surface area contributed by atoms with Crippen molar-refractivity contribution in [2.75, 3.05) is 33.3 Å². The van der Waals surface area contributed by atoms with Crippen molar-refractivity contribution in [3.63, 3.8) is 0 Å². The van der Waals surface area contributed by atoms with E-state index < -0.39 is 0 Å². The van der Waals surface area contributed by atoms with Crippen molar-refractivity contribution in [1.29, 1.82) is 0 Å². The number of amides is 1. The van der Waals surface area contributed by atoms with E-state index in [1.807, 2.05) is 29.2 Å². The first-order valence-electron chi connectivity index (χ1n) is 8.74. The van der Waals surface area contributed by atoms with E-state index >= 15 is 0 Å². The van der Waals surface area contributed by atoms with Gasteiger partial charge < -0.3 is 14.5 Å². The molecule has 0 saturated carbocycles. The van der Waals surface area contributed by atoms with E-state index in [4.69, 9.17) is 4.74 Å². The Morgan fingerprint density at radius 1 is 1.32 bits per heavy atom. The van der Waals surface area contributed by atoms with Crippen molar-refractivity contribution in [3.8, 4) is 0 Å². The van der Waals surface area contributed by atoms with Crippen molar-refractivity contribution >= 4 is 5.91 Å². The van der Waals surface area contributed by atoms with Gasteiger partial charge in [0.1, 0.15) is 12.7 Å². The van der Waals surface area contributed by atoms with Crippen LogP contribution >= 0.6 is 0 Å². The van der Waals surface area contributed by atoms with Crippen molar-refractivity contribution in [3.05, 3.63) is 48.0 Å². The topological polar surface area (TPSA) is 63.5 Å². The number of nitrogens with zero attached hydrogens (tertiary/aromatic N) is 5. The Morgan fingerprint density at radius 2 is 2.20 bits per heavy atom. The Bertz CT molecular complexity index is 733. The largest absolute Gasteiger partial charge is 0.374 e. The standard InChI is InChI=1S/C18H23N5O2/c1-21-7-6-17-16(11-21)23(8-9-25-17)18(24)15-5-3-2-4-14(15)10-22-13-19-12-20-22/h2-5,12-13,16-17H,6-11H2,1H3/t16-,17-/m1/s1. The molecule has 25 heavy (non-hydrogen) atoms. The number of carbonyl (C=O) groups is 1. The summed E-state index contributed by atoms with van der Waals surface area (Å²) in [5.41, 5.74) is 1.71. The summed E-state index contributed by atoms with van der Waals surface area (Å²) in [7, 11) is 2.10. The predicted octanol–water partition coefficient (Wildman–Crippen LogP) is 0.871. The second kappa shape index (κ2) is 6.93. The molecular weight excluding hydrogens is 318 g/mol. The van der Waals surface area contributed by atoms with Crippen LogP contribution in [0.2, 0.25) is 0 Å². The number of likely N-dealkylation sites (tertiary alicyclic amines) is 1. The molecule has 4 rings (SSSR count). The number of fused-ring (bicyclic) bond motifs is 1. The summed E-state index contributed by atoms with van der Waals surface area (Å²) >= 11 is 0. The zero-order valence-electron chi connectivity index (χ0n) is 14.4. The van der Waals surface area contributed by atoms with Gasteiger partial charge in [0.05, 0.1) is 25.3 Å². The van der Waals surface area contributed by atoms with Crippen LogP contribution in [0.3, 0.4) is 0 Å². The van der Waals surface area contributed by atoms with E-state index in [9.17, 15) is 4.79 Å². The van der Waals surface area contributed by atoms with Crippen LogP contribution in [-0.2, 0) is 11.3 Å². The van der Waals surface area contributed by atoms with Gasteiger partial charge in [0.15, 0.2) is 0 Å². The van der Waals surface area contributed by atoms with E-state index in [2.05, 4.69) is 22.0 Å². The highest BCUT2D eigenvalue weighted by Gasteiger charge is 2.38. The molecule has 0 radical (unpaired) electrons. The number of ether oxygens (including phenoxy) is 1. The molecular formula is C18H23N5O2. The molecule has 0 aliphatic carbocycles. The van der Waals surface area contributed by atoms with Gasteiger partial charge in [-0.15, -0.1) is 0 Å². The third kappa shape index (κ3) is 3.29. The maximum absolute atomic E-state index is 13.3. The van der Waals surface area contributed by atoms with Gasteiger partial charge in [-0.05, 0) is 25.1 Å². The lowest BCUT2D eigenvalue weighted by Crippen LogP contribution is -2.60. The van der Waals surface area contributed by atoms with Gasteiger partial charge in [-0.2, -0.15) is 5.10 Å². The molecule has 0 spiro atoms. The van der Waals surface area contributed by atoms with E-state index in [0.717, 1.165) is 30.6 Å². The molecule has 1 amide bonds. The molecule has 0 unspecified atom stereocenters. The average molecular weight is 341 g/mol. The van der Waals surface area contributed by atoms with Crippen LogP contribution in [0, 0.1) is 0 Å². The van der Waals surface area contributed by atoms with Crippen LogP contribution in [0.25, 0.3) is 0 Å². The quantitative estimate of drug-likeness (QED) is 0.829. The Morgan fingerprint density at radius 3 is 3.04 bits per heavy atom. The van der Waals surface area contributed by atoms with Crippen LogP contribution in [0.1, 0.15) is 22.3 Å². The Kier molecular flexibility index (Phi) is 4.50. The first-order chi connectivity index (χ1) is 12.2. The van der Waals surface area contributed by atoms with Gasteiger partial charge in [-0.1, -0.05) is 18.2 Å². The van der Waals surface area contributed by atoms with Crippen LogP contribution in [-0.4, -0.2) is 75.9 Å². The Labute approximate surface area is 147 Å². The summed E-state index contributed by atoms with van der Waals surface area (Å²) in [5.74, 6) is 0.0873. The third-order valence-corrected chi connectivity index (χ3v) is 5.10. The van der Waals surface area contributed by atoms with E-state index in [0.29, 0.717) is 19.7 Å². The molecule has 2 fully saturated rings. The molecule has 2 saturated heterocycles. The minimum atomic E-state index is 0.0873. The number of piperidine rings is 1. The van der Waals surface area contributed by atoms with Crippen molar-refractivity contribution in [1.82, 2.24) is 24.6 Å². The molecule has 0 bridgehead atoms. The summed E-state index contributed by atoms with van der Waals surface area (Å²) < 4.78 is 7.66. The van der Waals surface area contributed by atoms with Gasteiger partial charge >= 0.3 is 0 Å². The summed E-state index contributed by atoms with van der Waals surface area (Å²) in [4.78, 5) is 21.6. The molecule has 3 heterocycles. The molecule has 0 N–H and O–H groups in total. The maximum Gasteiger partial charge on any atom is 0.254 e. The Balaban J connectivity index is 1.59. The SMILES string of the molecule is CN1CC[C@H]2OCCN(C(=O)c3ccccc3Cn3cncn3)[C@@H]2C1. The zero-order chi connectivity index (χ0) is 17.2. The first-order valence-corrected chi connectivity index (χ1v) is 8.74. The average Bonchev–Trinajstić information content (AvgIpc) is 3.14. The number of hydrogen-bond acceptors (Lipinski definition) is 5. The fourth-order valence-electron chi connectivity index (χ4n) is 3.79. The third-order valence-electron chi connectivity index (χ3n) is 5.10. The van der Waals surface area contributed by atoms with Crippen molar-refractivity contribution < 1.29 is 9.53 Å². The second-order valence-electron chi connectivity index (χ2n) is 6.78. The van der Waals surface area contributed by atoms with Crippen LogP contribution in [0.4, 0.5) is 0 Å². The fourth-order valence-corrected chi connectivity index (χ4v) is 3.79. The number of carbonyl (C=O) groups excluding carboxylic acids is 1. The van der Waals surface area contributed by atoms with Gasteiger partial charge in [0, 0.05) is 25.2 Å². The van der Waals surface area contributed by atoms with Gasteiger partial charge in [0.25, 0.3) is 5.91 Å². The number of benzene rings is 1. The number of aromatic nitrogens is 3. The zero-order valence-corrected chi connectivity index (χ0v) is 14.4. The minimum Gasteiger partial charge on any atom is -0.374 e. The number of rotatable bonds is 3. The lowest BCUT2D eigenvalue weighted by atomic mass is 9.97. The summed E-state index contributed by atoms with van der Waals surface area (Å²) in [6.45, 7) is 3.68. The summed E-state index contributed by atoms with van der Waals surface area (Å²) in [6.07, 6.45) is 4.30. The molecule has 7 nitrogen and oxygen atoms in total. The normalized spacial score (nSPS) is 24.1. The molecule has 2 aromatic rings. The van der Waals surface area contributed by atoms with Gasteiger partial charge in [-0.25, -0.2) is 9.67 Å². The lowest BCUT2D eigenvalue weighted by Gasteiger charge is -2.46.